The smallest absolute Gasteiger partial charge is 0.329 e. The summed E-state index contributed by atoms with van der Waals surface area (Å²) in [7, 11) is 4.28. The summed E-state index contributed by atoms with van der Waals surface area (Å²) in [6.45, 7) is 18.4. The van der Waals surface area contributed by atoms with Crippen LogP contribution in [0.3, 0.4) is 0 Å². The number of ketones is 2. The average molecular weight is 1110 g/mol. The van der Waals surface area contributed by atoms with Gasteiger partial charge >= 0.3 is 5.97 Å². The monoisotopic (exact) mass is 1110 g/mol. The van der Waals surface area contributed by atoms with Crippen LogP contribution >= 0.6 is 0 Å². The predicted molar refractivity (Wildman–Crippen MR) is 291 cm³/mol. The van der Waals surface area contributed by atoms with Gasteiger partial charge < -0.3 is 55.4 Å². The molecule has 3 aliphatic rings. The maximum Gasteiger partial charge on any atom is 0.329 e. The first kappa shape index (κ1) is 65.1. The van der Waals surface area contributed by atoms with E-state index in [2.05, 4.69) is 21.3 Å². The van der Waals surface area contributed by atoms with Gasteiger partial charge in [0.05, 0.1) is 37.6 Å². The predicted octanol–water partition coefficient (Wildman–Crippen LogP) is 2.10. The zero-order chi connectivity index (χ0) is 59.3. The van der Waals surface area contributed by atoms with Gasteiger partial charge in [-0.05, 0) is 93.7 Å². The molecule has 3 heterocycles. The van der Waals surface area contributed by atoms with E-state index in [9.17, 15) is 53.1 Å². The normalized spacial score (nSPS) is 27.2. The molecule has 79 heavy (non-hydrogen) atoms. The van der Waals surface area contributed by atoms with Gasteiger partial charge in [0.1, 0.15) is 48.1 Å². The van der Waals surface area contributed by atoms with Crippen molar-refractivity contribution in [3.63, 3.8) is 0 Å². The summed E-state index contributed by atoms with van der Waals surface area (Å²) >= 11 is 0. The van der Waals surface area contributed by atoms with E-state index in [1.54, 1.807) is 52.0 Å². The van der Waals surface area contributed by atoms with Crippen molar-refractivity contribution in [2.45, 2.75) is 194 Å². The first-order valence-corrected chi connectivity index (χ1v) is 28.0. The van der Waals surface area contributed by atoms with E-state index in [1.165, 1.54) is 54.7 Å². The fraction of sp³-hybridized carbons (Fsp3) is 0.702. The number of likely N-dealkylation sites (N-methyl/N-ethyl adjacent to an activating group) is 2. The van der Waals surface area contributed by atoms with Gasteiger partial charge in [-0.15, -0.1) is 0 Å². The molecule has 0 aromatic heterocycles. The van der Waals surface area contributed by atoms with Gasteiger partial charge in [0, 0.05) is 40.5 Å². The van der Waals surface area contributed by atoms with Gasteiger partial charge in [0.2, 0.25) is 47.1 Å². The number of Topliss-reactive ketones (excluding diaryl/α,β-unsaturated/α-hetero) is 2. The fourth-order valence-corrected chi connectivity index (χ4v) is 10.6. The highest BCUT2D eigenvalue weighted by Crippen LogP contribution is 2.27. The third kappa shape index (κ3) is 16.8. The van der Waals surface area contributed by atoms with Gasteiger partial charge in [-0.2, -0.15) is 0 Å². The van der Waals surface area contributed by atoms with Crippen LogP contribution in [0.15, 0.2) is 24.3 Å². The number of hydrogen-bond donors (Lipinski definition) is 5. The van der Waals surface area contributed by atoms with Crippen LogP contribution in [-0.2, 0) is 63.9 Å². The van der Waals surface area contributed by atoms with E-state index in [1.807, 2.05) is 27.7 Å². The number of hydrogen-bond acceptors (Lipinski definition) is 14. The highest BCUT2D eigenvalue weighted by atomic mass is 16.5. The summed E-state index contributed by atoms with van der Waals surface area (Å²) in [4.78, 5) is 161. The lowest BCUT2D eigenvalue weighted by atomic mass is 9.89. The fourth-order valence-electron chi connectivity index (χ4n) is 10.6. The molecule has 0 bridgehead atoms. The Labute approximate surface area is 465 Å². The lowest BCUT2D eigenvalue weighted by molar-refractivity contribution is -0.162. The molecule has 12 atom stereocenters. The lowest BCUT2D eigenvalue weighted by Gasteiger charge is -2.36. The van der Waals surface area contributed by atoms with Crippen LogP contribution in [0.5, 0.6) is 5.75 Å². The molecule has 0 radical (unpaired) electrons. The number of cyclic esters (lactones) is 1. The minimum atomic E-state index is -1.76. The standard InChI is InChI=1S/C57H88N8O14/c1-15-33(8)47-44(67)29-45(68)59-46(32(6)7)49(69)34(9)50(70)58-39(26-30(2)3)54(74)65-25-17-19-41(65)56(76)63(13)43(28-37-20-22-38(78-14)23-21-37)57(77)79-36(11)48(52(72)60-47)61-51(71)42(27-31(4)5)62(12)55(75)40-18-16-24-64(40)53(73)35(10)66/h20-23,30-34,36,39-44,46-48,67H,15-19,24-29H2,1-14H3,(H,58,70)(H,59,68)(H,60,72)(H,61,71)/t33-,34-,36+,39-,40-,41-,42+,43-,44-,46-,47+,48-/m0/s1. The SMILES string of the molecule is CC[C@H](C)[C@H]1NC(=O)[C@@H](NC(=O)[C@@H](CC(C)C)N(C)C(=O)[C@@H]2CCCN2C(=O)C(C)=O)[C@@H](C)OC(=O)[C@H](Cc2ccc(OC)cc2)N(C)C(=O)[C@@H]2CCCN2C(=O)[C@H](CC(C)C)NC(=O)[C@@H](C)C(=O)[C@H](C(C)C)NC(=O)C[C@@H]1O. The number of fused-ring (bicyclic) bond motifs is 1. The Morgan fingerprint density at radius 3 is 2.06 bits per heavy atom. The second kappa shape index (κ2) is 29.1. The number of rotatable bonds is 15. The van der Waals surface area contributed by atoms with Crippen molar-refractivity contribution in [1.82, 2.24) is 40.9 Å². The molecular weight excluding hydrogens is 1020 g/mol. The molecule has 4 rings (SSSR count). The number of amides is 8. The number of likely N-dealkylation sites (tertiary alicyclic amines) is 1. The zero-order valence-corrected chi connectivity index (χ0v) is 48.8. The van der Waals surface area contributed by atoms with Gasteiger partial charge in [0.15, 0.2) is 5.78 Å². The summed E-state index contributed by atoms with van der Waals surface area (Å²) in [6, 6.07) is -3.41. The molecule has 0 aliphatic carbocycles. The van der Waals surface area contributed by atoms with Gasteiger partial charge in [-0.3, -0.25) is 47.9 Å². The van der Waals surface area contributed by atoms with E-state index in [-0.39, 0.29) is 57.0 Å². The number of carbonyl (C=O) groups excluding carboxylic acids is 11. The third-order valence-electron chi connectivity index (χ3n) is 15.6. The van der Waals surface area contributed by atoms with Crippen molar-refractivity contribution >= 4 is 64.8 Å². The second-order valence-electron chi connectivity index (χ2n) is 22.9. The van der Waals surface area contributed by atoms with Crippen LogP contribution in [0, 0.1) is 29.6 Å². The van der Waals surface area contributed by atoms with Gasteiger partial charge in [-0.25, -0.2) is 4.79 Å². The number of ether oxygens (including phenoxy) is 2. The van der Waals surface area contributed by atoms with Crippen molar-refractivity contribution in [3.8, 4) is 5.75 Å². The molecule has 22 heteroatoms. The Morgan fingerprint density at radius 1 is 0.861 bits per heavy atom. The Bertz CT molecular complexity index is 2380. The zero-order valence-electron chi connectivity index (χ0n) is 48.8. The third-order valence-corrected chi connectivity index (χ3v) is 15.6. The number of benzene rings is 1. The first-order valence-electron chi connectivity index (χ1n) is 28.0. The van der Waals surface area contributed by atoms with Crippen molar-refractivity contribution in [3.05, 3.63) is 29.8 Å². The molecule has 3 saturated heterocycles. The molecule has 0 unspecified atom stereocenters. The number of aliphatic hydroxyl groups is 1. The molecule has 8 amide bonds. The molecular formula is C57H88N8O14. The van der Waals surface area contributed by atoms with Crippen LogP contribution < -0.4 is 26.0 Å². The van der Waals surface area contributed by atoms with E-state index in [4.69, 9.17) is 9.47 Å². The lowest BCUT2D eigenvalue weighted by Crippen LogP contribution is -2.62. The molecule has 1 aromatic carbocycles. The molecule has 3 aliphatic heterocycles. The quantitative estimate of drug-likeness (QED) is 0.0956. The van der Waals surface area contributed by atoms with Crippen molar-refractivity contribution in [1.29, 1.82) is 0 Å². The molecule has 1 aromatic rings. The number of esters is 1. The Kier molecular flexibility index (Phi) is 24.0. The average Bonchev–Trinajstić information content (AvgIpc) is 4.13. The van der Waals surface area contributed by atoms with Crippen LogP contribution in [0.2, 0.25) is 0 Å². The van der Waals surface area contributed by atoms with E-state index in [0.29, 0.717) is 30.6 Å². The summed E-state index contributed by atoms with van der Waals surface area (Å²) in [6.07, 6.45) is -2.03. The molecule has 0 spiro atoms. The number of aliphatic hydroxyl groups excluding tert-OH is 1. The first-order chi connectivity index (χ1) is 37.0. The number of nitrogens with one attached hydrogen (secondary N) is 4. The molecule has 3 fully saturated rings. The summed E-state index contributed by atoms with van der Waals surface area (Å²) < 4.78 is 11.5. The van der Waals surface area contributed by atoms with Gasteiger partial charge in [0.25, 0.3) is 5.91 Å². The molecule has 22 nitrogen and oxygen atoms in total. The summed E-state index contributed by atoms with van der Waals surface area (Å²) in [5.41, 5.74) is 0.571. The maximum atomic E-state index is 15.0. The van der Waals surface area contributed by atoms with Crippen LogP contribution in [0.4, 0.5) is 0 Å². The largest absolute Gasteiger partial charge is 0.497 e. The molecule has 5 N–H and O–H groups in total. The Hall–Kier alpha value is -6.45. The second-order valence-corrected chi connectivity index (χ2v) is 22.9. The number of methoxy groups -OCH3 is 1. The summed E-state index contributed by atoms with van der Waals surface area (Å²) in [5, 5.41) is 22.9. The van der Waals surface area contributed by atoms with E-state index in [0.717, 1.165) is 6.92 Å². The molecule has 0 saturated carbocycles. The van der Waals surface area contributed by atoms with Gasteiger partial charge in [-0.1, -0.05) is 73.9 Å². The number of nitrogens with zero attached hydrogens (tertiary/aromatic N) is 4. The number of carbonyl (C=O) groups is 11. The van der Waals surface area contributed by atoms with Crippen LogP contribution in [-0.4, -0.2) is 184 Å². The Morgan fingerprint density at radius 2 is 1.49 bits per heavy atom. The topological polar surface area (TPSA) is 288 Å². The summed E-state index contributed by atoms with van der Waals surface area (Å²) in [5.74, 6) is -10.6. The minimum Gasteiger partial charge on any atom is -0.497 e. The van der Waals surface area contributed by atoms with E-state index >= 15 is 4.79 Å². The molecule has 440 valence electrons. The van der Waals surface area contributed by atoms with Crippen molar-refractivity contribution in [2.75, 3.05) is 34.3 Å². The van der Waals surface area contributed by atoms with Crippen molar-refractivity contribution in [2.24, 2.45) is 29.6 Å². The van der Waals surface area contributed by atoms with Crippen molar-refractivity contribution < 1.29 is 67.3 Å². The highest BCUT2D eigenvalue weighted by molar-refractivity contribution is 6.35. The van der Waals surface area contributed by atoms with Crippen LogP contribution in [0.25, 0.3) is 0 Å². The maximum absolute atomic E-state index is 15.0. The van der Waals surface area contributed by atoms with E-state index < -0.39 is 150 Å². The van der Waals surface area contributed by atoms with Crippen LogP contribution in [0.1, 0.15) is 133 Å². The highest BCUT2D eigenvalue weighted by Gasteiger charge is 2.46. The Balaban J connectivity index is 1.89. The minimum absolute atomic E-state index is 0.0614.